The molecule has 0 saturated carbocycles. The number of fused-ring (bicyclic) bond motifs is 2. The molecule has 2 aliphatic heterocycles. The van der Waals surface area contributed by atoms with E-state index in [1.807, 2.05) is 17.5 Å². The lowest BCUT2D eigenvalue weighted by atomic mass is 9.94. The molecule has 9 heteroatoms. The monoisotopic (exact) mass is 457 g/mol. The van der Waals surface area contributed by atoms with Crippen LogP contribution in [0.25, 0.3) is 0 Å². The van der Waals surface area contributed by atoms with E-state index in [0.29, 0.717) is 29.8 Å². The molecule has 3 amide bonds. The predicted octanol–water partition coefficient (Wildman–Crippen LogP) is 2.45. The first kappa shape index (κ1) is 22.3. The van der Waals surface area contributed by atoms with Crippen LogP contribution in [0.5, 0.6) is 5.75 Å². The highest BCUT2D eigenvalue weighted by molar-refractivity contribution is 7.10. The summed E-state index contributed by atoms with van der Waals surface area (Å²) in [6.07, 6.45) is 1.50. The van der Waals surface area contributed by atoms with Gasteiger partial charge >= 0.3 is 0 Å². The minimum Gasteiger partial charge on any atom is -0.490 e. The molecule has 4 rings (SSSR count). The number of hydrogen-bond donors (Lipinski definition) is 2. The normalized spacial score (nSPS) is 22.6. The number of rotatable bonds is 5. The van der Waals surface area contributed by atoms with E-state index in [4.69, 9.17) is 9.47 Å². The summed E-state index contributed by atoms with van der Waals surface area (Å²) in [5.74, 6) is 0.0671. The second-order valence-corrected chi connectivity index (χ2v) is 9.09. The summed E-state index contributed by atoms with van der Waals surface area (Å²) < 4.78 is 12.1. The van der Waals surface area contributed by atoms with Crippen LogP contribution in [0.3, 0.4) is 0 Å². The Kier molecular flexibility index (Phi) is 6.76. The quantitative estimate of drug-likeness (QED) is 0.719. The second kappa shape index (κ2) is 9.70. The van der Waals surface area contributed by atoms with Gasteiger partial charge in [0.15, 0.2) is 0 Å². The molecule has 1 fully saturated rings. The Hall–Kier alpha value is -2.91. The maximum atomic E-state index is 13.3. The predicted molar refractivity (Wildman–Crippen MR) is 121 cm³/mol. The van der Waals surface area contributed by atoms with Gasteiger partial charge in [0.2, 0.25) is 11.8 Å². The Balaban J connectivity index is 1.48. The van der Waals surface area contributed by atoms with Gasteiger partial charge in [-0.2, -0.15) is 0 Å². The summed E-state index contributed by atoms with van der Waals surface area (Å²) in [6, 6.07) is 8.78. The van der Waals surface area contributed by atoms with Gasteiger partial charge in [-0.25, -0.2) is 0 Å². The van der Waals surface area contributed by atoms with E-state index in [9.17, 15) is 14.4 Å². The number of carbonyl (C=O) groups is 3. The molecule has 32 heavy (non-hydrogen) atoms. The van der Waals surface area contributed by atoms with Crippen LogP contribution < -0.4 is 15.4 Å². The van der Waals surface area contributed by atoms with Crippen molar-refractivity contribution >= 4 is 34.7 Å². The van der Waals surface area contributed by atoms with Crippen molar-refractivity contribution in [2.24, 2.45) is 0 Å². The molecule has 0 aliphatic carbocycles. The molecule has 3 heterocycles. The molecule has 0 bridgehead atoms. The van der Waals surface area contributed by atoms with Crippen LogP contribution in [0.2, 0.25) is 0 Å². The van der Waals surface area contributed by atoms with Gasteiger partial charge in [-0.15, -0.1) is 11.3 Å². The smallest absolute Gasteiger partial charge is 0.257 e. The van der Waals surface area contributed by atoms with E-state index in [-0.39, 0.29) is 49.0 Å². The topological polar surface area (TPSA) is 97.0 Å². The van der Waals surface area contributed by atoms with Crippen LogP contribution in [0.1, 0.15) is 34.5 Å². The number of amides is 3. The van der Waals surface area contributed by atoms with Gasteiger partial charge in [0.25, 0.3) is 5.91 Å². The second-order valence-electron chi connectivity index (χ2n) is 8.06. The van der Waals surface area contributed by atoms with Gasteiger partial charge in [0.05, 0.1) is 30.6 Å². The van der Waals surface area contributed by atoms with Crippen LogP contribution in [-0.4, -0.2) is 61.6 Å². The molecule has 1 saturated heterocycles. The van der Waals surface area contributed by atoms with E-state index in [2.05, 4.69) is 10.6 Å². The van der Waals surface area contributed by atoms with Gasteiger partial charge in [0.1, 0.15) is 18.5 Å². The van der Waals surface area contributed by atoms with Crippen molar-refractivity contribution < 1.29 is 23.9 Å². The number of nitrogens with one attached hydrogen (secondary N) is 2. The average molecular weight is 458 g/mol. The Morgan fingerprint density at radius 3 is 2.81 bits per heavy atom. The van der Waals surface area contributed by atoms with Crippen LogP contribution in [0, 0.1) is 0 Å². The summed E-state index contributed by atoms with van der Waals surface area (Å²) in [4.78, 5) is 40.0. The number of nitrogens with zero attached hydrogens (tertiary/aromatic N) is 1. The molecule has 170 valence electrons. The molecule has 0 radical (unpaired) electrons. The fourth-order valence-electron chi connectivity index (χ4n) is 4.19. The fraction of sp³-hybridized carbons (Fsp3) is 0.435. The zero-order valence-electron chi connectivity index (χ0n) is 18.1. The molecule has 0 unspecified atom stereocenters. The lowest BCUT2D eigenvalue weighted by Gasteiger charge is -2.42. The number of carbonyl (C=O) groups excluding carboxylic acids is 3. The molecule has 0 spiro atoms. The summed E-state index contributed by atoms with van der Waals surface area (Å²) in [5.41, 5.74) is 0.964. The molecular formula is C23H27N3O5S. The molecule has 2 aliphatic rings. The van der Waals surface area contributed by atoms with Gasteiger partial charge in [-0.05, 0) is 42.5 Å². The highest BCUT2D eigenvalue weighted by Gasteiger charge is 2.39. The number of hydrogen-bond acceptors (Lipinski definition) is 6. The molecule has 8 nitrogen and oxygen atoms in total. The number of anilines is 1. The minimum absolute atomic E-state index is 0.0661. The number of thiophene rings is 1. The third-order valence-corrected chi connectivity index (χ3v) is 6.78. The molecular weight excluding hydrogens is 430 g/mol. The van der Waals surface area contributed by atoms with Gasteiger partial charge in [-0.1, -0.05) is 6.07 Å². The lowest BCUT2D eigenvalue weighted by Crippen LogP contribution is -2.53. The Morgan fingerprint density at radius 1 is 1.22 bits per heavy atom. The first-order valence-corrected chi connectivity index (χ1v) is 11.5. The number of benzene rings is 1. The largest absolute Gasteiger partial charge is 0.490 e. The maximum absolute atomic E-state index is 13.3. The summed E-state index contributed by atoms with van der Waals surface area (Å²) in [5, 5.41) is 7.42. The van der Waals surface area contributed by atoms with Crippen molar-refractivity contribution in [2.75, 3.05) is 26.0 Å². The third-order valence-electron chi connectivity index (χ3n) is 5.90. The van der Waals surface area contributed by atoms with E-state index in [1.54, 1.807) is 37.2 Å². The van der Waals surface area contributed by atoms with Gasteiger partial charge in [0, 0.05) is 24.7 Å². The molecule has 1 aromatic heterocycles. The van der Waals surface area contributed by atoms with Crippen molar-refractivity contribution in [3.8, 4) is 5.75 Å². The number of ether oxygens (including phenoxy) is 2. The SMILES string of the molecule is CNC(=O)C[C@H]1CC[C@H]2[C@H](COc3ccc(NC(=O)Cc4cccs4)cc3C(=O)N2C)O1. The standard InChI is InChI=1S/C23H27N3O5S/c1-24-21(27)11-15-6-7-18-20(31-15)13-30-19-8-5-14(10-17(19)23(29)26(18)2)25-22(28)12-16-4-3-9-32-16/h3-5,8-10,15,18,20H,6-7,11-13H2,1-2H3,(H,24,27)(H,25,28)/t15-,18+,20+/m1/s1. The van der Waals surface area contributed by atoms with Crippen molar-refractivity contribution in [1.82, 2.24) is 10.2 Å². The zero-order valence-corrected chi connectivity index (χ0v) is 18.9. The van der Waals surface area contributed by atoms with E-state index < -0.39 is 0 Å². The van der Waals surface area contributed by atoms with Gasteiger partial charge < -0.3 is 25.0 Å². The molecule has 1 aromatic carbocycles. The maximum Gasteiger partial charge on any atom is 0.257 e. The minimum atomic E-state index is -0.314. The van der Waals surface area contributed by atoms with Crippen molar-refractivity contribution in [1.29, 1.82) is 0 Å². The fourth-order valence-corrected chi connectivity index (χ4v) is 4.89. The van der Waals surface area contributed by atoms with Crippen LogP contribution in [0.15, 0.2) is 35.7 Å². The van der Waals surface area contributed by atoms with Crippen molar-refractivity contribution in [3.05, 3.63) is 46.2 Å². The number of likely N-dealkylation sites (N-methyl/N-ethyl adjacent to an activating group) is 1. The highest BCUT2D eigenvalue weighted by atomic mass is 32.1. The Morgan fingerprint density at radius 2 is 2.06 bits per heavy atom. The van der Waals surface area contributed by atoms with E-state index in [1.165, 1.54) is 11.3 Å². The van der Waals surface area contributed by atoms with Crippen molar-refractivity contribution in [3.63, 3.8) is 0 Å². The Labute approximate surface area is 190 Å². The Bertz CT molecular complexity index is 994. The van der Waals surface area contributed by atoms with E-state index in [0.717, 1.165) is 11.3 Å². The molecule has 3 atom stereocenters. The molecule has 2 N–H and O–H groups in total. The summed E-state index contributed by atoms with van der Waals surface area (Å²) >= 11 is 1.53. The van der Waals surface area contributed by atoms with Crippen LogP contribution in [-0.2, 0) is 20.7 Å². The third kappa shape index (κ3) is 4.94. The van der Waals surface area contributed by atoms with E-state index >= 15 is 0 Å². The first-order chi connectivity index (χ1) is 15.4. The first-order valence-electron chi connectivity index (χ1n) is 10.7. The van der Waals surface area contributed by atoms with Crippen molar-refractivity contribution in [2.45, 2.75) is 43.9 Å². The van der Waals surface area contributed by atoms with Crippen LogP contribution >= 0.6 is 11.3 Å². The summed E-state index contributed by atoms with van der Waals surface area (Å²) in [7, 11) is 3.37. The highest BCUT2D eigenvalue weighted by Crippen LogP contribution is 2.32. The average Bonchev–Trinajstić information content (AvgIpc) is 3.29. The van der Waals surface area contributed by atoms with Crippen LogP contribution in [0.4, 0.5) is 5.69 Å². The molecule has 2 aromatic rings. The lowest BCUT2D eigenvalue weighted by molar-refractivity contribution is -0.133. The van der Waals surface area contributed by atoms with Gasteiger partial charge in [-0.3, -0.25) is 14.4 Å². The zero-order chi connectivity index (χ0) is 22.7. The summed E-state index contributed by atoms with van der Waals surface area (Å²) in [6.45, 7) is 0.281.